The van der Waals surface area contributed by atoms with Crippen LogP contribution in [-0.2, 0) is 21.2 Å². The van der Waals surface area contributed by atoms with Crippen LogP contribution in [0.15, 0.2) is 42.5 Å². The highest BCUT2D eigenvalue weighted by Gasteiger charge is 2.63. The summed E-state index contributed by atoms with van der Waals surface area (Å²) in [5.41, 5.74) is -1.02. The molecular weight excluding hydrogens is 486 g/mol. The van der Waals surface area contributed by atoms with Gasteiger partial charge in [0.05, 0.1) is 11.8 Å². The summed E-state index contributed by atoms with van der Waals surface area (Å²) < 4.78 is 57.6. The molecule has 2 N–H and O–H groups in total. The molecule has 3 aliphatic rings. The first-order valence-electron chi connectivity index (χ1n) is 12.5. The minimum absolute atomic E-state index is 0.0696. The van der Waals surface area contributed by atoms with Gasteiger partial charge in [0, 0.05) is 23.6 Å². The Morgan fingerprint density at radius 3 is 2.50 bits per heavy atom. The van der Waals surface area contributed by atoms with Gasteiger partial charge in [-0.1, -0.05) is 30.3 Å². The van der Waals surface area contributed by atoms with Crippen LogP contribution >= 0.6 is 0 Å². The highest BCUT2D eigenvalue weighted by molar-refractivity contribution is 7.89. The van der Waals surface area contributed by atoms with Gasteiger partial charge < -0.3 is 10.0 Å². The fourth-order valence-corrected chi connectivity index (χ4v) is 6.62. The van der Waals surface area contributed by atoms with Crippen LogP contribution in [0.2, 0.25) is 0 Å². The van der Waals surface area contributed by atoms with E-state index in [0.29, 0.717) is 17.7 Å². The van der Waals surface area contributed by atoms with Gasteiger partial charge in [-0.2, -0.15) is 0 Å². The first kappa shape index (κ1) is 25.3. The molecule has 0 radical (unpaired) electrons. The number of amides is 1. The lowest BCUT2D eigenvalue weighted by Crippen LogP contribution is -2.54. The normalized spacial score (nSPS) is 24.6. The Bertz CT molecular complexity index is 1290. The summed E-state index contributed by atoms with van der Waals surface area (Å²) >= 11 is 0. The summed E-state index contributed by atoms with van der Waals surface area (Å²) in [7, 11) is -3.60. The van der Waals surface area contributed by atoms with Crippen molar-refractivity contribution < 1.29 is 27.1 Å². The number of benzene rings is 2. The second-order valence-electron chi connectivity index (χ2n) is 10.8. The van der Waals surface area contributed by atoms with E-state index in [1.807, 2.05) is 0 Å². The van der Waals surface area contributed by atoms with Gasteiger partial charge in [-0.05, 0) is 75.1 Å². The third-order valence-corrected chi connectivity index (χ3v) is 9.59. The van der Waals surface area contributed by atoms with E-state index in [0.717, 1.165) is 25.7 Å². The molecule has 194 valence electrons. The molecule has 5 rings (SSSR count). The van der Waals surface area contributed by atoms with Crippen LogP contribution in [0.5, 0.6) is 0 Å². The Labute approximate surface area is 210 Å². The van der Waals surface area contributed by atoms with Crippen LogP contribution in [0, 0.1) is 23.0 Å². The number of nitrogens with zero attached hydrogens (tertiary/aromatic N) is 1. The molecule has 3 atom stereocenters. The van der Waals surface area contributed by atoms with Crippen molar-refractivity contribution in [1.29, 1.82) is 0 Å². The highest BCUT2D eigenvalue weighted by atomic mass is 32.2. The van der Waals surface area contributed by atoms with Gasteiger partial charge >= 0.3 is 0 Å². The fraction of sp³-hybridized carbons (Fsp3) is 0.519. The number of halogens is 2. The van der Waals surface area contributed by atoms with Crippen LogP contribution in [0.4, 0.5) is 8.78 Å². The molecular formula is C27H32F2N2O4S. The van der Waals surface area contributed by atoms with E-state index in [-0.39, 0.29) is 23.7 Å². The van der Waals surface area contributed by atoms with Gasteiger partial charge in [0.15, 0.2) is 0 Å². The number of likely N-dealkylation sites (tertiary alicyclic amines) is 1. The molecule has 0 aromatic heterocycles. The van der Waals surface area contributed by atoms with Gasteiger partial charge in [-0.15, -0.1) is 0 Å². The molecule has 1 spiro atoms. The summed E-state index contributed by atoms with van der Waals surface area (Å²) in [4.78, 5) is 15.2. The van der Waals surface area contributed by atoms with Crippen molar-refractivity contribution in [3.8, 4) is 11.1 Å². The summed E-state index contributed by atoms with van der Waals surface area (Å²) in [6.07, 6.45) is 3.10. The zero-order valence-electron chi connectivity index (χ0n) is 20.5. The van der Waals surface area contributed by atoms with E-state index >= 15 is 4.39 Å². The number of carbonyl (C=O) groups excluding carboxylic acids is 1. The van der Waals surface area contributed by atoms with Crippen LogP contribution in [-0.4, -0.2) is 54.3 Å². The van der Waals surface area contributed by atoms with Crippen LogP contribution in [0.25, 0.3) is 11.1 Å². The number of rotatable bonds is 8. The molecule has 1 amide bonds. The standard InChI is InChI=1S/C27H32F2N2O4S/c1-3-36(34,35)30-24-22(31(16-27(24)12-13-27)25(32)26(2,33)19-10-11-19)15-18-7-5-9-21(23(18)29)17-6-4-8-20(28)14-17/h4-9,14,19,22,24,30,33H,3,10-13,15-16H2,1-2H3/t22-,24+,26-/m0/s1. The molecule has 1 aliphatic heterocycles. The highest BCUT2D eigenvalue weighted by Crippen LogP contribution is 2.56. The topological polar surface area (TPSA) is 86.7 Å². The Morgan fingerprint density at radius 2 is 1.89 bits per heavy atom. The van der Waals surface area contributed by atoms with Gasteiger partial charge in [0.2, 0.25) is 10.0 Å². The van der Waals surface area contributed by atoms with E-state index in [9.17, 15) is 22.7 Å². The third kappa shape index (κ3) is 4.57. The average molecular weight is 519 g/mol. The molecule has 0 unspecified atom stereocenters. The fourth-order valence-electron chi connectivity index (χ4n) is 5.66. The summed E-state index contributed by atoms with van der Waals surface area (Å²) in [6, 6.07) is 9.31. The molecule has 2 aromatic rings. The van der Waals surface area contributed by atoms with E-state index in [1.54, 1.807) is 36.1 Å². The number of nitrogens with one attached hydrogen (secondary N) is 1. The van der Waals surface area contributed by atoms with Crippen molar-refractivity contribution in [3.63, 3.8) is 0 Å². The molecule has 6 nitrogen and oxygen atoms in total. The summed E-state index contributed by atoms with van der Waals surface area (Å²) in [5, 5.41) is 11.1. The second-order valence-corrected chi connectivity index (χ2v) is 12.8. The Kier molecular flexibility index (Phi) is 6.24. The first-order chi connectivity index (χ1) is 17.0. The summed E-state index contributed by atoms with van der Waals surface area (Å²) in [6.45, 7) is 3.40. The molecule has 2 aliphatic carbocycles. The number of aliphatic hydroxyl groups is 1. The molecule has 0 bridgehead atoms. The molecule has 36 heavy (non-hydrogen) atoms. The second kappa shape index (κ2) is 8.89. The maximum atomic E-state index is 15.8. The lowest BCUT2D eigenvalue weighted by atomic mass is 9.91. The monoisotopic (exact) mass is 518 g/mol. The van der Waals surface area contributed by atoms with Crippen LogP contribution in [0.3, 0.4) is 0 Å². The Morgan fingerprint density at radius 1 is 1.19 bits per heavy atom. The molecule has 2 aromatic carbocycles. The molecule has 1 saturated heterocycles. The number of hydrogen-bond donors (Lipinski definition) is 2. The zero-order valence-corrected chi connectivity index (χ0v) is 21.3. The van der Waals surface area contributed by atoms with E-state index in [1.165, 1.54) is 25.1 Å². The smallest absolute Gasteiger partial charge is 0.254 e. The van der Waals surface area contributed by atoms with E-state index in [4.69, 9.17) is 0 Å². The van der Waals surface area contributed by atoms with Crippen molar-refractivity contribution in [2.75, 3.05) is 12.3 Å². The van der Waals surface area contributed by atoms with Gasteiger partial charge in [-0.3, -0.25) is 4.79 Å². The van der Waals surface area contributed by atoms with Crippen molar-refractivity contribution in [2.24, 2.45) is 11.3 Å². The third-order valence-electron chi connectivity index (χ3n) is 8.22. The zero-order chi connectivity index (χ0) is 25.9. The minimum atomic E-state index is -3.60. The minimum Gasteiger partial charge on any atom is -0.380 e. The summed E-state index contributed by atoms with van der Waals surface area (Å²) in [5.74, 6) is -1.67. The largest absolute Gasteiger partial charge is 0.380 e. The van der Waals surface area contributed by atoms with Crippen molar-refractivity contribution in [2.45, 2.75) is 63.6 Å². The predicted octanol–water partition coefficient (Wildman–Crippen LogP) is 3.63. The number of hydrogen-bond acceptors (Lipinski definition) is 4. The SMILES string of the molecule is CCS(=O)(=O)N[C@@H]1[C@H](Cc2cccc(-c3cccc(F)c3)c2F)N(C(=O)[C@@](C)(O)C2CC2)CC12CC2. The number of sulfonamides is 1. The van der Waals surface area contributed by atoms with E-state index < -0.39 is 50.7 Å². The Hall–Kier alpha value is -2.36. The van der Waals surface area contributed by atoms with Gasteiger partial charge in [0.25, 0.3) is 5.91 Å². The molecule has 1 heterocycles. The van der Waals surface area contributed by atoms with Gasteiger partial charge in [0.1, 0.15) is 17.2 Å². The first-order valence-corrected chi connectivity index (χ1v) is 14.2. The van der Waals surface area contributed by atoms with Crippen molar-refractivity contribution in [1.82, 2.24) is 9.62 Å². The maximum Gasteiger partial charge on any atom is 0.254 e. The van der Waals surface area contributed by atoms with Crippen LogP contribution < -0.4 is 4.72 Å². The Balaban J connectivity index is 1.53. The number of carbonyl (C=O) groups is 1. The van der Waals surface area contributed by atoms with Crippen LogP contribution in [0.1, 0.15) is 45.1 Å². The predicted molar refractivity (Wildman–Crippen MR) is 132 cm³/mol. The molecule has 9 heteroatoms. The van der Waals surface area contributed by atoms with Gasteiger partial charge in [-0.25, -0.2) is 21.9 Å². The average Bonchev–Trinajstić information content (AvgIpc) is 3.75. The lowest BCUT2D eigenvalue weighted by molar-refractivity contribution is -0.153. The van der Waals surface area contributed by atoms with Crippen molar-refractivity contribution >= 4 is 15.9 Å². The molecule has 2 saturated carbocycles. The lowest BCUT2D eigenvalue weighted by Gasteiger charge is -2.34. The molecule has 3 fully saturated rings. The van der Waals surface area contributed by atoms with E-state index in [2.05, 4.69) is 4.72 Å². The maximum absolute atomic E-state index is 15.8. The quantitative estimate of drug-likeness (QED) is 0.559. The van der Waals surface area contributed by atoms with Crippen molar-refractivity contribution in [3.05, 3.63) is 59.7 Å².